The SMILES string of the molecule is CCCC#CC(C)c1[nH]n(COCC[Si](C)(C)C)c2cc(C#N)cc(=[N+]=[N-])c1-2. The maximum Gasteiger partial charge on any atom is 0.327 e. The van der Waals surface area contributed by atoms with Crippen molar-refractivity contribution >= 4 is 8.07 Å². The molecule has 0 amide bonds. The highest BCUT2D eigenvalue weighted by molar-refractivity contribution is 6.76. The maximum atomic E-state index is 9.52. The Bertz CT molecular complexity index is 973. The number of nitriles is 1. The van der Waals surface area contributed by atoms with E-state index in [0.717, 1.165) is 35.8 Å². The highest BCUT2D eigenvalue weighted by Crippen LogP contribution is 2.28. The van der Waals surface area contributed by atoms with Gasteiger partial charge in [0.25, 0.3) is 0 Å². The Hall–Kier alpha value is -2.57. The second-order valence-corrected chi connectivity index (χ2v) is 13.8. The minimum Gasteiger partial charge on any atom is -0.361 e. The summed E-state index contributed by atoms with van der Waals surface area (Å²) < 4.78 is 7.76. The summed E-state index contributed by atoms with van der Waals surface area (Å²) in [5.41, 5.74) is 12.4. The van der Waals surface area contributed by atoms with E-state index >= 15 is 0 Å². The molecule has 7 heteroatoms. The number of aromatic nitrogens is 2. The van der Waals surface area contributed by atoms with Crippen molar-refractivity contribution in [3.05, 3.63) is 34.3 Å². The molecule has 1 unspecified atom stereocenters. The van der Waals surface area contributed by atoms with Crippen molar-refractivity contribution in [2.24, 2.45) is 0 Å². The number of benzene rings is 1. The first kappa shape index (κ1) is 21.7. The molecule has 1 atom stereocenters. The minimum absolute atomic E-state index is 0.0641. The molecule has 1 aliphatic heterocycles. The second kappa shape index (κ2) is 9.57. The smallest absolute Gasteiger partial charge is 0.327 e. The molecule has 2 aliphatic rings. The van der Waals surface area contributed by atoms with Crippen molar-refractivity contribution in [1.29, 1.82) is 5.26 Å². The monoisotopic (exact) mass is 395 g/mol. The van der Waals surface area contributed by atoms with Crippen LogP contribution in [0.25, 0.3) is 16.8 Å². The van der Waals surface area contributed by atoms with Crippen LogP contribution in [0.3, 0.4) is 0 Å². The lowest BCUT2D eigenvalue weighted by atomic mass is 9.98. The van der Waals surface area contributed by atoms with Crippen LogP contribution in [-0.4, -0.2) is 29.3 Å². The third-order valence-electron chi connectivity index (χ3n) is 4.49. The Morgan fingerprint density at radius 3 is 2.71 bits per heavy atom. The summed E-state index contributed by atoms with van der Waals surface area (Å²) in [5.74, 6) is 6.37. The first-order valence-electron chi connectivity index (χ1n) is 9.71. The number of fused-ring (bicyclic) bond motifs is 1. The first-order valence-corrected chi connectivity index (χ1v) is 13.4. The number of nitrogens with one attached hydrogen (secondary N) is 1. The van der Waals surface area contributed by atoms with Crippen molar-refractivity contribution in [1.82, 2.24) is 9.78 Å². The van der Waals surface area contributed by atoms with E-state index in [2.05, 4.69) is 54.4 Å². The van der Waals surface area contributed by atoms with Gasteiger partial charge in [0.15, 0.2) is 0 Å². The summed E-state index contributed by atoms with van der Waals surface area (Å²) in [4.78, 5) is 3.42. The molecule has 0 spiro atoms. The molecular weight excluding hydrogens is 366 g/mol. The molecule has 1 aliphatic carbocycles. The molecular formula is C21H29N5OSi. The summed E-state index contributed by atoms with van der Waals surface area (Å²) in [7, 11) is -1.16. The lowest BCUT2D eigenvalue weighted by molar-refractivity contribution is -0.0642. The van der Waals surface area contributed by atoms with Crippen molar-refractivity contribution in [2.75, 3.05) is 6.61 Å². The summed E-state index contributed by atoms with van der Waals surface area (Å²) in [6, 6.07) is 6.58. The summed E-state index contributed by atoms with van der Waals surface area (Å²) >= 11 is 0. The van der Waals surface area contributed by atoms with Crippen LogP contribution in [0.1, 0.15) is 43.9 Å². The predicted octanol–water partition coefficient (Wildman–Crippen LogP) is 4.14. The number of rotatable bonds is 7. The molecule has 0 aromatic heterocycles. The van der Waals surface area contributed by atoms with Crippen LogP contribution in [0.5, 0.6) is 0 Å². The predicted molar refractivity (Wildman–Crippen MR) is 112 cm³/mol. The third kappa shape index (κ3) is 5.47. The molecule has 0 saturated carbocycles. The Kier molecular flexibility index (Phi) is 7.43. The fourth-order valence-electron chi connectivity index (χ4n) is 2.88. The Morgan fingerprint density at radius 2 is 2.11 bits per heavy atom. The van der Waals surface area contributed by atoms with E-state index in [4.69, 9.17) is 4.74 Å². The Labute approximate surface area is 168 Å². The maximum absolute atomic E-state index is 9.52. The zero-order valence-corrected chi connectivity index (χ0v) is 18.5. The van der Waals surface area contributed by atoms with Crippen LogP contribution >= 0.6 is 0 Å². The molecule has 6 nitrogen and oxygen atoms in total. The summed E-state index contributed by atoms with van der Waals surface area (Å²) in [6.07, 6.45) is 1.86. The van der Waals surface area contributed by atoms with E-state index < -0.39 is 8.07 Å². The van der Waals surface area contributed by atoms with Gasteiger partial charge >= 0.3 is 5.36 Å². The van der Waals surface area contributed by atoms with E-state index in [1.165, 1.54) is 0 Å². The lowest BCUT2D eigenvalue weighted by Gasteiger charge is -2.15. The van der Waals surface area contributed by atoms with Gasteiger partial charge < -0.3 is 10.3 Å². The molecule has 0 fully saturated rings. The van der Waals surface area contributed by atoms with Gasteiger partial charge in [-0.15, -0.1) is 5.92 Å². The molecule has 0 bridgehead atoms. The highest BCUT2D eigenvalue weighted by Gasteiger charge is 2.25. The van der Waals surface area contributed by atoms with Crippen LogP contribution < -0.4 is 5.36 Å². The largest absolute Gasteiger partial charge is 0.361 e. The lowest BCUT2D eigenvalue weighted by Crippen LogP contribution is -2.22. The third-order valence-corrected chi connectivity index (χ3v) is 6.20. The topological polar surface area (TPSA) is 90.1 Å². The van der Waals surface area contributed by atoms with Gasteiger partial charge in [0, 0.05) is 27.2 Å². The fraction of sp³-hybridized carbons (Fsp3) is 0.524. The molecule has 1 heterocycles. The zero-order chi connectivity index (χ0) is 20.7. The molecule has 28 heavy (non-hydrogen) atoms. The van der Waals surface area contributed by atoms with Gasteiger partial charge in [0.05, 0.1) is 28.9 Å². The molecule has 0 aromatic carbocycles. The number of ether oxygens (including phenoxy) is 1. The zero-order valence-electron chi connectivity index (χ0n) is 17.5. The Morgan fingerprint density at radius 1 is 1.36 bits per heavy atom. The molecule has 1 N–H and O–H groups in total. The first-order chi connectivity index (χ1) is 13.3. The number of H-pyrrole nitrogens is 1. The quantitative estimate of drug-likeness (QED) is 0.251. The van der Waals surface area contributed by atoms with E-state index in [9.17, 15) is 10.8 Å². The van der Waals surface area contributed by atoms with Gasteiger partial charge in [0.1, 0.15) is 12.3 Å². The van der Waals surface area contributed by atoms with E-state index in [-0.39, 0.29) is 5.92 Å². The summed E-state index contributed by atoms with van der Waals surface area (Å²) in [5, 5.41) is 13.1. The number of hydrogen-bond donors (Lipinski definition) is 1. The normalized spacial score (nSPS) is 12.1. The van der Waals surface area contributed by atoms with Crippen LogP contribution in [0.4, 0.5) is 0 Å². The van der Waals surface area contributed by atoms with Crippen LogP contribution in [-0.2, 0) is 11.5 Å². The van der Waals surface area contributed by atoms with Gasteiger partial charge in [-0.05, 0) is 25.5 Å². The Balaban J connectivity index is 2.44. The van der Waals surface area contributed by atoms with Crippen molar-refractivity contribution < 1.29 is 9.53 Å². The molecule has 0 radical (unpaired) electrons. The molecule has 0 saturated heterocycles. The number of unbranched alkanes of at least 4 members (excludes halogenated alkanes) is 1. The van der Waals surface area contributed by atoms with Crippen LogP contribution in [0.15, 0.2) is 12.1 Å². The second-order valence-electron chi connectivity index (χ2n) is 8.20. The van der Waals surface area contributed by atoms with Crippen LogP contribution in [0.2, 0.25) is 25.7 Å². The molecule has 148 valence electrons. The minimum atomic E-state index is -1.16. The van der Waals surface area contributed by atoms with E-state index in [1.807, 2.05) is 11.6 Å². The van der Waals surface area contributed by atoms with Crippen molar-refractivity contribution in [3.8, 4) is 29.2 Å². The average Bonchev–Trinajstić information content (AvgIpc) is 3.02. The van der Waals surface area contributed by atoms with Crippen LogP contribution in [0, 0.1) is 23.2 Å². The number of nitrogens with zero attached hydrogens (tertiary/aromatic N) is 4. The van der Waals surface area contributed by atoms with Gasteiger partial charge in [-0.2, -0.15) is 10.1 Å². The van der Waals surface area contributed by atoms with E-state index in [0.29, 0.717) is 24.3 Å². The van der Waals surface area contributed by atoms with Gasteiger partial charge in [0.2, 0.25) is 0 Å². The van der Waals surface area contributed by atoms with E-state index in [1.54, 1.807) is 12.1 Å². The number of aromatic amines is 1. The summed E-state index contributed by atoms with van der Waals surface area (Å²) in [6.45, 7) is 12.1. The van der Waals surface area contributed by atoms with Crippen molar-refractivity contribution in [2.45, 2.75) is 65.0 Å². The molecule has 0 aromatic rings. The molecule has 2 rings (SSSR count). The van der Waals surface area contributed by atoms with Crippen molar-refractivity contribution in [3.63, 3.8) is 0 Å². The average molecular weight is 396 g/mol. The number of hydrogen-bond acceptors (Lipinski definition) is 2. The standard InChI is InChI=1S/C21H29N5OSi/c1-6-7-8-9-16(2)21-20-18(24-23)12-17(14-22)13-19(20)26(25-21)15-27-10-11-28(3,4)5/h12-13,16,25H,6-7,10-11,15H2,1-5H3. The van der Waals surface area contributed by atoms with Gasteiger partial charge in [-0.25, -0.2) is 0 Å². The fourth-order valence-corrected chi connectivity index (χ4v) is 3.63. The highest BCUT2D eigenvalue weighted by atomic mass is 28.3. The van der Waals surface area contributed by atoms with Gasteiger partial charge in [-0.1, -0.05) is 32.5 Å². The van der Waals surface area contributed by atoms with Gasteiger partial charge in [-0.3, -0.25) is 9.78 Å².